The molecule has 0 amide bonds. The second kappa shape index (κ2) is 9.23. The number of piperidine rings is 1. The normalized spacial score (nSPS) is 18.6. The van der Waals surface area contributed by atoms with E-state index in [1.54, 1.807) is 6.20 Å². The molecule has 154 valence electrons. The van der Waals surface area contributed by atoms with E-state index in [1.807, 2.05) is 34.9 Å². The molecule has 0 aliphatic carbocycles. The second-order valence-electron chi connectivity index (χ2n) is 8.31. The molecule has 1 aromatic heterocycles. The maximum absolute atomic E-state index is 13.1. The van der Waals surface area contributed by atoms with Crippen molar-refractivity contribution in [1.82, 2.24) is 14.5 Å². The van der Waals surface area contributed by atoms with Gasteiger partial charge in [-0.2, -0.15) is 0 Å². The average molecular weight is 404 g/mol. The molecule has 28 heavy (non-hydrogen) atoms. The van der Waals surface area contributed by atoms with E-state index in [1.165, 1.54) is 19.3 Å². The molecule has 6 heteroatoms. The first-order valence-electron chi connectivity index (χ1n) is 10.5. The molecule has 2 heterocycles. The SMILES string of the molecule is CCC1CCCCN1Cc1cnc(S(=O)(=O)Cc2ccccc2)n1CC(C)C. The minimum absolute atomic E-state index is 0.0102. The standard InChI is InChI=1S/C22H33N3O2S/c1-4-20-12-8-9-13-24(20)16-21-14-23-22(25(21)15-18(2)3)28(26,27)17-19-10-6-5-7-11-19/h5-7,10-11,14,18,20H,4,8-9,12-13,15-17H2,1-3H3. The zero-order valence-electron chi connectivity index (χ0n) is 17.3. The molecule has 0 saturated carbocycles. The molecule has 2 aromatic rings. The largest absolute Gasteiger partial charge is 0.317 e. The molecule has 0 N–H and O–H groups in total. The van der Waals surface area contributed by atoms with Crippen molar-refractivity contribution in [2.75, 3.05) is 6.54 Å². The topological polar surface area (TPSA) is 55.2 Å². The first-order valence-corrected chi connectivity index (χ1v) is 12.1. The highest BCUT2D eigenvalue weighted by Crippen LogP contribution is 2.24. The maximum Gasteiger partial charge on any atom is 0.228 e. The van der Waals surface area contributed by atoms with E-state index in [0.717, 1.165) is 30.8 Å². The molecular weight excluding hydrogens is 370 g/mol. The lowest BCUT2D eigenvalue weighted by Gasteiger charge is -2.35. The summed E-state index contributed by atoms with van der Waals surface area (Å²) >= 11 is 0. The van der Waals surface area contributed by atoms with Gasteiger partial charge in [-0.15, -0.1) is 0 Å². The van der Waals surface area contributed by atoms with E-state index in [0.29, 0.717) is 18.5 Å². The molecule has 0 radical (unpaired) electrons. The highest BCUT2D eigenvalue weighted by Gasteiger charge is 2.27. The molecule has 1 aliphatic rings. The number of imidazole rings is 1. The van der Waals surface area contributed by atoms with Crippen LogP contribution >= 0.6 is 0 Å². The monoisotopic (exact) mass is 403 g/mol. The summed E-state index contributed by atoms with van der Waals surface area (Å²) in [5, 5.41) is 0.213. The van der Waals surface area contributed by atoms with Crippen LogP contribution in [0.1, 0.15) is 57.7 Å². The molecule has 0 bridgehead atoms. The van der Waals surface area contributed by atoms with Crippen molar-refractivity contribution in [1.29, 1.82) is 0 Å². The molecule has 1 atom stereocenters. The zero-order valence-corrected chi connectivity index (χ0v) is 18.2. The van der Waals surface area contributed by atoms with Gasteiger partial charge in [0.05, 0.1) is 17.6 Å². The zero-order chi connectivity index (χ0) is 20.1. The van der Waals surface area contributed by atoms with Gasteiger partial charge in [-0.3, -0.25) is 4.90 Å². The van der Waals surface area contributed by atoms with Crippen LogP contribution < -0.4 is 0 Å². The van der Waals surface area contributed by atoms with Gasteiger partial charge in [-0.1, -0.05) is 57.5 Å². The van der Waals surface area contributed by atoms with E-state index in [-0.39, 0.29) is 10.9 Å². The fraction of sp³-hybridized carbons (Fsp3) is 0.591. The molecule has 3 rings (SSSR count). The number of benzene rings is 1. The Labute approximate surface area is 169 Å². The minimum atomic E-state index is -3.50. The Balaban J connectivity index is 1.89. The van der Waals surface area contributed by atoms with Crippen LogP contribution in [0.5, 0.6) is 0 Å². The number of hydrogen-bond donors (Lipinski definition) is 0. The van der Waals surface area contributed by atoms with Gasteiger partial charge in [0.1, 0.15) is 0 Å². The lowest BCUT2D eigenvalue weighted by atomic mass is 10.00. The number of rotatable bonds is 8. The lowest BCUT2D eigenvalue weighted by molar-refractivity contribution is 0.132. The summed E-state index contributed by atoms with van der Waals surface area (Å²) in [7, 11) is -3.50. The van der Waals surface area contributed by atoms with Gasteiger partial charge in [0.25, 0.3) is 0 Å². The first kappa shape index (κ1) is 21.1. The van der Waals surface area contributed by atoms with Crippen LogP contribution in [-0.4, -0.2) is 35.5 Å². The van der Waals surface area contributed by atoms with Gasteiger partial charge in [0, 0.05) is 19.1 Å². The second-order valence-corrected chi connectivity index (χ2v) is 10.2. The number of hydrogen-bond acceptors (Lipinski definition) is 4. The van der Waals surface area contributed by atoms with Gasteiger partial charge >= 0.3 is 0 Å². The predicted octanol–water partition coefficient (Wildman–Crippen LogP) is 4.28. The Kier molecular flexibility index (Phi) is 6.94. The van der Waals surface area contributed by atoms with E-state index in [9.17, 15) is 8.42 Å². The Morgan fingerprint density at radius 3 is 2.61 bits per heavy atom. The summed E-state index contributed by atoms with van der Waals surface area (Å²) in [6, 6.07) is 9.94. The summed E-state index contributed by atoms with van der Waals surface area (Å²) in [6.07, 6.45) is 6.65. The van der Waals surface area contributed by atoms with Crippen LogP contribution in [0, 0.1) is 5.92 Å². The Morgan fingerprint density at radius 1 is 1.18 bits per heavy atom. The van der Waals surface area contributed by atoms with E-state index < -0.39 is 9.84 Å². The van der Waals surface area contributed by atoms with Gasteiger partial charge < -0.3 is 4.57 Å². The van der Waals surface area contributed by atoms with Gasteiger partial charge in [-0.25, -0.2) is 13.4 Å². The average Bonchev–Trinajstić information content (AvgIpc) is 3.05. The van der Waals surface area contributed by atoms with Crippen molar-refractivity contribution in [2.45, 2.75) is 76.5 Å². The molecule has 5 nitrogen and oxygen atoms in total. The van der Waals surface area contributed by atoms with Crippen LogP contribution in [0.3, 0.4) is 0 Å². The summed E-state index contributed by atoms with van der Waals surface area (Å²) in [4.78, 5) is 6.91. The Morgan fingerprint density at radius 2 is 1.93 bits per heavy atom. The van der Waals surface area contributed by atoms with E-state index in [4.69, 9.17) is 0 Å². The molecule has 1 saturated heterocycles. The number of aromatic nitrogens is 2. The van der Waals surface area contributed by atoms with Crippen molar-refractivity contribution in [3.8, 4) is 0 Å². The van der Waals surface area contributed by atoms with Gasteiger partial charge in [0.15, 0.2) is 0 Å². The van der Waals surface area contributed by atoms with E-state index >= 15 is 0 Å². The Bertz CT molecular complexity index is 859. The van der Waals surface area contributed by atoms with Gasteiger partial charge in [-0.05, 0) is 37.3 Å². The highest BCUT2D eigenvalue weighted by atomic mass is 32.2. The summed E-state index contributed by atoms with van der Waals surface area (Å²) < 4.78 is 28.2. The molecular formula is C22H33N3O2S. The molecule has 1 unspecified atom stereocenters. The summed E-state index contributed by atoms with van der Waals surface area (Å²) in [5.74, 6) is 0.339. The van der Waals surface area contributed by atoms with Crippen LogP contribution in [0.15, 0.2) is 41.7 Å². The Hall–Kier alpha value is -1.66. The predicted molar refractivity (Wildman–Crippen MR) is 113 cm³/mol. The van der Waals surface area contributed by atoms with Crippen LogP contribution in [0.2, 0.25) is 0 Å². The fourth-order valence-electron chi connectivity index (χ4n) is 4.12. The van der Waals surface area contributed by atoms with Crippen LogP contribution in [-0.2, 0) is 28.7 Å². The lowest BCUT2D eigenvalue weighted by Crippen LogP contribution is -2.39. The summed E-state index contributed by atoms with van der Waals surface area (Å²) in [5.41, 5.74) is 1.81. The maximum atomic E-state index is 13.1. The van der Waals surface area contributed by atoms with Crippen molar-refractivity contribution in [2.24, 2.45) is 5.92 Å². The summed E-state index contributed by atoms with van der Waals surface area (Å²) in [6.45, 7) is 9.00. The molecule has 1 fully saturated rings. The third-order valence-electron chi connectivity index (χ3n) is 5.51. The van der Waals surface area contributed by atoms with Gasteiger partial charge in [0.2, 0.25) is 15.0 Å². The van der Waals surface area contributed by atoms with Crippen molar-refractivity contribution in [3.63, 3.8) is 0 Å². The smallest absolute Gasteiger partial charge is 0.228 e. The van der Waals surface area contributed by atoms with E-state index in [2.05, 4.69) is 30.7 Å². The van der Waals surface area contributed by atoms with Crippen molar-refractivity contribution >= 4 is 9.84 Å². The number of likely N-dealkylation sites (tertiary alicyclic amines) is 1. The molecule has 1 aliphatic heterocycles. The third-order valence-corrected chi connectivity index (χ3v) is 7.11. The van der Waals surface area contributed by atoms with Crippen molar-refractivity contribution in [3.05, 3.63) is 47.8 Å². The highest BCUT2D eigenvalue weighted by molar-refractivity contribution is 7.90. The minimum Gasteiger partial charge on any atom is -0.317 e. The van der Waals surface area contributed by atoms with Crippen LogP contribution in [0.4, 0.5) is 0 Å². The van der Waals surface area contributed by atoms with Crippen molar-refractivity contribution < 1.29 is 8.42 Å². The quantitative estimate of drug-likeness (QED) is 0.660. The molecule has 1 aromatic carbocycles. The first-order chi connectivity index (χ1) is 13.4. The van der Waals surface area contributed by atoms with Crippen LogP contribution in [0.25, 0.3) is 0 Å². The third kappa shape index (κ3) is 5.03. The number of nitrogens with zero attached hydrogens (tertiary/aromatic N) is 3. The fourth-order valence-corrected chi connectivity index (χ4v) is 5.62. The molecule has 0 spiro atoms. The number of sulfone groups is 1.